The van der Waals surface area contributed by atoms with Crippen LogP contribution in [0.4, 0.5) is 0 Å². The number of hydrogen-bond donors (Lipinski definition) is 0. The number of benzene rings is 2. The Balaban J connectivity index is 1.93. The van der Waals surface area contributed by atoms with Gasteiger partial charge in [-0.05, 0) is 24.1 Å². The molecule has 3 rings (SSSR count). The fourth-order valence-corrected chi connectivity index (χ4v) is 2.68. The maximum absolute atomic E-state index is 4.67. The van der Waals surface area contributed by atoms with E-state index in [1.54, 1.807) is 0 Å². The van der Waals surface area contributed by atoms with Gasteiger partial charge in [0.2, 0.25) is 0 Å². The highest BCUT2D eigenvalue weighted by Crippen LogP contribution is 2.31. The predicted molar refractivity (Wildman–Crippen MR) is 93.0 cm³/mol. The minimum atomic E-state index is -0.0416. The molecule has 1 aromatic heterocycles. The zero-order valence-electron chi connectivity index (χ0n) is 13.4. The van der Waals surface area contributed by atoms with E-state index in [1.807, 2.05) is 6.20 Å². The van der Waals surface area contributed by atoms with Crippen LogP contribution in [-0.4, -0.2) is 4.98 Å². The van der Waals surface area contributed by atoms with Crippen LogP contribution in [0.15, 0.2) is 72.9 Å². The molecule has 0 aliphatic rings. The first-order valence-electron chi connectivity index (χ1n) is 7.66. The van der Waals surface area contributed by atoms with E-state index >= 15 is 0 Å². The van der Waals surface area contributed by atoms with Crippen molar-refractivity contribution in [3.05, 3.63) is 89.6 Å². The first kappa shape index (κ1) is 14.5. The summed E-state index contributed by atoms with van der Waals surface area (Å²) in [5.74, 6) is 0. The summed E-state index contributed by atoms with van der Waals surface area (Å²) in [5, 5.41) is 0. The summed E-state index contributed by atoms with van der Waals surface area (Å²) in [6.45, 7) is 6.58. The topological polar surface area (TPSA) is 12.9 Å². The Labute approximate surface area is 132 Å². The van der Waals surface area contributed by atoms with Gasteiger partial charge in [0.1, 0.15) is 0 Å². The van der Waals surface area contributed by atoms with Crippen molar-refractivity contribution in [1.29, 1.82) is 0 Å². The normalized spacial score (nSPS) is 11.4. The zero-order chi connectivity index (χ0) is 15.6. The van der Waals surface area contributed by atoms with Crippen molar-refractivity contribution in [2.24, 2.45) is 0 Å². The molecule has 1 heterocycles. The molecule has 1 heteroatoms. The number of aromatic nitrogens is 1. The van der Waals surface area contributed by atoms with E-state index in [0.717, 1.165) is 11.3 Å². The van der Waals surface area contributed by atoms with Crippen molar-refractivity contribution in [1.82, 2.24) is 4.98 Å². The van der Waals surface area contributed by atoms with Gasteiger partial charge in [-0.1, -0.05) is 80.1 Å². The fraction of sp³-hybridized carbons (Fsp3) is 0.190. The Bertz CT molecular complexity index is 738. The Kier molecular flexibility index (Phi) is 3.81. The summed E-state index contributed by atoms with van der Waals surface area (Å²) in [6.07, 6.45) is 2.00. The van der Waals surface area contributed by atoms with Gasteiger partial charge < -0.3 is 0 Å². The van der Waals surface area contributed by atoms with E-state index in [9.17, 15) is 0 Å². The summed E-state index contributed by atoms with van der Waals surface area (Å²) < 4.78 is 0. The maximum atomic E-state index is 4.67. The van der Waals surface area contributed by atoms with E-state index in [4.69, 9.17) is 0 Å². The first-order valence-corrected chi connectivity index (χ1v) is 7.66. The molecule has 0 N–H and O–H groups in total. The second kappa shape index (κ2) is 5.76. The monoisotopic (exact) mass is 287 g/mol. The average molecular weight is 287 g/mol. The molecule has 0 saturated carbocycles. The Morgan fingerprint density at radius 1 is 0.727 bits per heavy atom. The van der Waals surface area contributed by atoms with Crippen molar-refractivity contribution >= 4 is 0 Å². The van der Waals surface area contributed by atoms with Gasteiger partial charge in [0.05, 0.1) is 5.69 Å². The lowest BCUT2D eigenvalue weighted by Gasteiger charge is -2.25. The van der Waals surface area contributed by atoms with Crippen LogP contribution in [-0.2, 0) is 5.41 Å². The van der Waals surface area contributed by atoms with Gasteiger partial charge in [-0.3, -0.25) is 4.98 Å². The summed E-state index contributed by atoms with van der Waals surface area (Å²) in [7, 11) is 0. The molecule has 0 aliphatic heterocycles. The second-order valence-corrected chi connectivity index (χ2v) is 6.29. The standard InChI is InChI=1S/C21H21N/c1-16-9-11-17(12-10-16)20-14-13-19(15-22-20)21(2,3)18-7-5-4-6-8-18/h4-15H,1-3H3. The molecule has 110 valence electrons. The minimum absolute atomic E-state index is 0.0416. The van der Waals surface area contributed by atoms with Gasteiger partial charge in [-0.15, -0.1) is 0 Å². The summed E-state index contributed by atoms with van der Waals surface area (Å²) in [6, 6.07) is 23.4. The molecule has 0 radical (unpaired) electrons. The van der Waals surface area contributed by atoms with Crippen LogP contribution in [0, 0.1) is 6.92 Å². The predicted octanol–water partition coefficient (Wildman–Crippen LogP) is 5.38. The highest BCUT2D eigenvalue weighted by Gasteiger charge is 2.23. The largest absolute Gasteiger partial charge is 0.256 e. The molecule has 0 saturated heterocycles. The van der Waals surface area contributed by atoms with Gasteiger partial charge >= 0.3 is 0 Å². The molecule has 2 aromatic carbocycles. The third-order valence-electron chi connectivity index (χ3n) is 4.33. The number of nitrogens with zero attached hydrogens (tertiary/aromatic N) is 1. The first-order chi connectivity index (χ1) is 10.6. The Hall–Kier alpha value is -2.41. The molecule has 22 heavy (non-hydrogen) atoms. The van der Waals surface area contributed by atoms with E-state index in [1.165, 1.54) is 16.7 Å². The van der Waals surface area contributed by atoms with Gasteiger partial charge in [0.25, 0.3) is 0 Å². The molecular weight excluding hydrogens is 266 g/mol. The minimum Gasteiger partial charge on any atom is -0.256 e. The lowest BCUT2D eigenvalue weighted by molar-refractivity contribution is 0.638. The van der Waals surface area contributed by atoms with Crippen LogP contribution < -0.4 is 0 Å². The van der Waals surface area contributed by atoms with Crippen LogP contribution in [0.5, 0.6) is 0 Å². The molecule has 0 atom stereocenters. The quantitative estimate of drug-likeness (QED) is 0.630. The number of pyridine rings is 1. The van der Waals surface area contributed by atoms with Crippen molar-refractivity contribution in [3.8, 4) is 11.3 Å². The highest BCUT2D eigenvalue weighted by molar-refractivity contribution is 5.59. The Morgan fingerprint density at radius 3 is 2.00 bits per heavy atom. The smallest absolute Gasteiger partial charge is 0.0702 e. The molecule has 3 aromatic rings. The van der Waals surface area contributed by atoms with Gasteiger partial charge in [-0.2, -0.15) is 0 Å². The molecular formula is C21H21N. The van der Waals surface area contributed by atoms with Gasteiger partial charge in [-0.25, -0.2) is 0 Å². The van der Waals surface area contributed by atoms with Crippen molar-refractivity contribution in [3.63, 3.8) is 0 Å². The lowest BCUT2D eigenvalue weighted by Crippen LogP contribution is -2.18. The SMILES string of the molecule is Cc1ccc(-c2ccc(C(C)(C)c3ccccc3)cn2)cc1. The fourth-order valence-electron chi connectivity index (χ4n) is 2.68. The van der Waals surface area contributed by atoms with Gasteiger partial charge in [0, 0.05) is 17.2 Å². The summed E-state index contributed by atoms with van der Waals surface area (Å²) in [5.41, 5.74) is 5.95. The molecule has 0 amide bonds. The van der Waals surface area contributed by atoms with E-state index in [0.29, 0.717) is 0 Å². The molecule has 0 aliphatic carbocycles. The number of hydrogen-bond acceptors (Lipinski definition) is 1. The highest BCUT2D eigenvalue weighted by atomic mass is 14.7. The number of rotatable bonds is 3. The zero-order valence-corrected chi connectivity index (χ0v) is 13.4. The third kappa shape index (κ3) is 2.80. The van der Waals surface area contributed by atoms with Crippen LogP contribution in [0.3, 0.4) is 0 Å². The number of aryl methyl sites for hydroxylation is 1. The molecule has 0 spiro atoms. The van der Waals surface area contributed by atoms with Crippen LogP contribution >= 0.6 is 0 Å². The summed E-state index contributed by atoms with van der Waals surface area (Å²) in [4.78, 5) is 4.67. The average Bonchev–Trinajstić information content (AvgIpc) is 2.56. The van der Waals surface area contributed by atoms with E-state index in [2.05, 4.69) is 92.5 Å². The van der Waals surface area contributed by atoms with Crippen LogP contribution in [0.2, 0.25) is 0 Å². The van der Waals surface area contributed by atoms with Crippen LogP contribution in [0.25, 0.3) is 11.3 Å². The second-order valence-electron chi connectivity index (χ2n) is 6.29. The van der Waals surface area contributed by atoms with Crippen molar-refractivity contribution in [2.45, 2.75) is 26.2 Å². The van der Waals surface area contributed by atoms with Gasteiger partial charge in [0.15, 0.2) is 0 Å². The van der Waals surface area contributed by atoms with Crippen molar-refractivity contribution < 1.29 is 0 Å². The molecule has 0 bridgehead atoms. The molecule has 0 fully saturated rings. The molecule has 1 nitrogen and oxygen atoms in total. The maximum Gasteiger partial charge on any atom is 0.0702 e. The van der Waals surface area contributed by atoms with E-state index < -0.39 is 0 Å². The summed E-state index contributed by atoms with van der Waals surface area (Å²) >= 11 is 0. The third-order valence-corrected chi connectivity index (χ3v) is 4.33. The molecule has 0 unspecified atom stereocenters. The lowest BCUT2D eigenvalue weighted by atomic mass is 9.79. The van der Waals surface area contributed by atoms with Crippen molar-refractivity contribution in [2.75, 3.05) is 0 Å². The van der Waals surface area contributed by atoms with Crippen LogP contribution in [0.1, 0.15) is 30.5 Å². The van der Waals surface area contributed by atoms with E-state index in [-0.39, 0.29) is 5.41 Å². The Morgan fingerprint density at radius 2 is 1.41 bits per heavy atom.